The summed E-state index contributed by atoms with van der Waals surface area (Å²) in [6.45, 7) is 11.0. The zero-order valence-corrected chi connectivity index (χ0v) is 15.6. The highest BCUT2D eigenvalue weighted by Gasteiger charge is 2.23. The van der Waals surface area contributed by atoms with Gasteiger partial charge in [-0.1, -0.05) is 13.8 Å². The smallest absolute Gasteiger partial charge is 0.272 e. The van der Waals surface area contributed by atoms with Gasteiger partial charge in [-0.15, -0.1) is 0 Å². The fraction of sp³-hybridized carbons (Fsp3) is 0.526. The fourth-order valence-electron chi connectivity index (χ4n) is 2.66. The second kappa shape index (κ2) is 7.60. The van der Waals surface area contributed by atoms with Gasteiger partial charge in [0.05, 0.1) is 5.69 Å². The Labute approximate surface area is 144 Å². The highest BCUT2D eigenvalue weighted by molar-refractivity contribution is 5.92. The molecule has 0 saturated carbocycles. The van der Waals surface area contributed by atoms with Crippen molar-refractivity contribution in [2.75, 3.05) is 7.05 Å². The van der Waals surface area contributed by atoms with Crippen LogP contribution < -0.4 is 0 Å². The number of pyridine rings is 1. The molecule has 2 aromatic rings. The molecule has 2 aromatic heterocycles. The maximum Gasteiger partial charge on any atom is 0.272 e. The van der Waals surface area contributed by atoms with Crippen LogP contribution in [0.15, 0.2) is 24.4 Å². The van der Waals surface area contributed by atoms with Crippen LogP contribution in [0.3, 0.4) is 0 Å². The Balaban J connectivity index is 2.16. The number of carbonyl (C=O) groups excluding carboxylic acids is 1. The third-order valence-electron chi connectivity index (χ3n) is 4.37. The molecule has 0 saturated heterocycles. The number of carbonyl (C=O) groups is 1. The molecule has 5 heteroatoms. The summed E-state index contributed by atoms with van der Waals surface area (Å²) in [4.78, 5) is 19.1. The van der Waals surface area contributed by atoms with Crippen LogP contribution in [0.25, 0.3) is 0 Å². The molecule has 0 aliphatic rings. The van der Waals surface area contributed by atoms with Gasteiger partial charge in [0.1, 0.15) is 5.69 Å². The normalized spacial score (nSPS) is 12.5. The van der Waals surface area contributed by atoms with Gasteiger partial charge in [-0.05, 0) is 50.5 Å². The fourth-order valence-corrected chi connectivity index (χ4v) is 2.66. The predicted octanol–water partition coefficient (Wildman–Crippen LogP) is 3.43. The second-order valence-corrected chi connectivity index (χ2v) is 6.72. The first-order valence-corrected chi connectivity index (χ1v) is 8.59. The lowest BCUT2D eigenvalue weighted by molar-refractivity contribution is 0.0730. The molecule has 24 heavy (non-hydrogen) atoms. The monoisotopic (exact) mass is 328 g/mol. The van der Waals surface area contributed by atoms with Crippen molar-refractivity contribution in [2.45, 2.75) is 59.5 Å². The van der Waals surface area contributed by atoms with Gasteiger partial charge < -0.3 is 4.90 Å². The molecule has 0 bridgehead atoms. The van der Waals surface area contributed by atoms with E-state index in [1.54, 1.807) is 9.58 Å². The molecule has 0 N–H and O–H groups in total. The van der Waals surface area contributed by atoms with Crippen molar-refractivity contribution in [1.82, 2.24) is 19.7 Å². The minimum absolute atomic E-state index is 0.0106. The minimum atomic E-state index is 0.0106. The van der Waals surface area contributed by atoms with Gasteiger partial charge >= 0.3 is 0 Å². The summed E-state index contributed by atoms with van der Waals surface area (Å²) in [7, 11) is 1.85. The van der Waals surface area contributed by atoms with E-state index in [2.05, 4.69) is 43.8 Å². The predicted molar refractivity (Wildman–Crippen MR) is 96.2 cm³/mol. The molecule has 2 heterocycles. The van der Waals surface area contributed by atoms with Crippen molar-refractivity contribution in [1.29, 1.82) is 0 Å². The number of aromatic nitrogens is 3. The SMILES string of the molecule is CCn1nc(C(C)C)cc1C(=O)N(C)[C@H](C)Cc1cc(C)ccn1. The van der Waals surface area contributed by atoms with Gasteiger partial charge in [-0.3, -0.25) is 14.5 Å². The van der Waals surface area contributed by atoms with Crippen LogP contribution in [-0.4, -0.2) is 38.7 Å². The van der Waals surface area contributed by atoms with Gasteiger partial charge in [-0.2, -0.15) is 5.10 Å². The van der Waals surface area contributed by atoms with Crippen LogP contribution >= 0.6 is 0 Å². The molecule has 5 nitrogen and oxygen atoms in total. The summed E-state index contributed by atoms with van der Waals surface area (Å²) >= 11 is 0. The van der Waals surface area contributed by atoms with E-state index in [1.807, 2.05) is 32.3 Å². The first-order valence-electron chi connectivity index (χ1n) is 8.59. The van der Waals surface area contributed by atoms with Crippen LogP contribution in [0.4, 0.5) is 0 Å². The van der Waals surface area contributed by atoms with Gasteiger partial charge in [0.2, 0.25) is 0 Å². The lowest BCUT2D eigenvalue weighted by atomic mass is 10.1. The first kappa shape index (κ1) is 18.2. The summed E-state index contributed by atoms with van der Waals surface area (Å²) in [5.74, 6) is 0.319. The molecular formula is C19H28N4O. The van der Waals surface area contributed by atoms with Crippen molar-refractivity contribution in [3.05, 3.63) is 47.0 Å². The zero-order chi connectivity index (χ0) is 17.9. The van der Waals surface area contributed by atoms with Crippen molar-refractivity contribution < 1.29 is 4.79 Å². The van der Waals surface area contributed by atoms with Crippen molar-refractivity contribution in [2.24, 2.45) is 0 Å². The molecular weight excluding hydrogens is 300 g/mol. The Morgan fingerprint density at radius 2 is 2.00 bits per heavy atom. The Morgan fingerprint density at radius 3 is 2.58 bits per heavy atom. The van der Waals surface area contributed by atoms with Gasteiger partial charge in [0.15, 0.2) is 0 Å². The van der Waals surface area contributed by atoms with E-state index in [0.29, 0.717) is 18.2 Å². The number of rotatable bonds is 6. The topological polar surface area (TPSA) is 51.0 Å². The average Bonchev–Trinajstić information content (AvgIpc) is 2.98. The van der Waals surface area contributed by atoms with E-state index in [0.717, 1.165) is 17.8 Å². The third-order valence-corrected chi connectivity index (χ3v) is 4.37. The van der Waals surface area contributed by atoms with E-state index in [9.17, 15) is 4.79 Å². The van der Waals surface area contributed by atoms with E-state index in [-0.39, 0.29) is 11.9 Å². The van der Waals surface area contributed by atoms with Gasteiger partial charge in [-0.25, -0.2) is 0 Å². The Bertz CT molecular complexity index is 705. The molecule has 0 aromatic carbocycles. The summed E-state index contributed by atoms with van der Waals surface area (Å²) in [5.41, 5.74) is 3.81. The molecule has 130 valence electrons. The number of hydrogen-bond donors (Lipinski definition) is 0. The summed E-state index contributed by atoms with van der Waals surface area (Å²) in [5, 5.41) is 4.54. The maximum atomic E-state index is 12.9. The van der Waals surface area contributed by atoms with Crippen molar-refractivity contribution in [3.8, 4) is 0 Å². The number of aryl methyl sites for hydroxylation is 2. The molecule has 1 amide bonds. The number of hydrogen-bond acceptors (Lipinski definition) is 3. The number of nitrogens with zero attached hydrogens (tertiary/aromatic N) is 4. The van der Waals surface area contributed by atoms with E-state index < -0.39 is 0 Å². The van der Waals surface area contributed by atoms with Crippen LogP contribution in [0, 0.1) is 6.92 Å². The molecule has 0 aliphatic carbocycles. The maximum absolute atomic E-state index is 12.9. The van der Waals surface area contributed by atoms with E-state index in [4.69, 9.17) is 0 Å². The first-order chi connectivity index (χ1) is 11.3. The summed E-state index contributed by atoms with van der Waals surface area (Å²) < 4.78 is 1.80. The Hall–Kier alpha value is -2.17. The second-order valence-electron chi connectivity index (χ2n) is 6.72. The zero-order valence-electron chi connectivity index (χ0n) is 15.6. The number of likely N-dealkylation sites (N-methyl/N-ethyl adjacent to an activating group) is 1. The average molecular weight is 328 g/mol. The standard InChI is InChI=1S/C19H28N4O/c1-7-23-18(12-17(21-23)13(2)3)19(24)22(6)15(5)11-16-10-14(4)8-9-20-16/h8-10,12-13,15H,7,11H2,1-6H3/t15-/m1/s1. The van der Waals surface area contributed by atoms with Crippen LogP contribution in [0.5, 0.6) is 0 Å². The van der Waals surface area contributed by atoms with Crippen LogP contribution in [0.2, 0.25) is 0 Å². The quantitative estimate of drug-likeness (QED) is 0.816. The van der Waals surface area contributed by atoms with E-state index >= 15 is 0 Å². The Kier molecular flexibility index (Phi) is 5.75. The molecule has 2 rings (SSSR count). The summed E-state index contributed by atoms with van der Waals surface area (Å²) in [6.07, 6.45) is 2.56. The summed E-state index contributed by atoms with van der Waals surface area (Å²) in [6, 6.07) is 6.04. The van der Waals surface area contributed by atoms with Gasteiger partial charge in [0.25, 0.3) is 5.91 Å². The largest absolute Gasteiger partial charge is 0.337 e. The molecule has 0 aliphatic heterocycles. The van der Waals surface area contributed by atoms with E-state index in [1.165, 1.54) is 5.56 Å². The van der Waals surface area contributed by atoms with Gasteiger partial charge in [0, 0.05) is 37.9 Å². The van der Waals surface area contributed by atoms with Crippen LogP contribution in [-0.2, 0) is 13.0 Å². The van der Waals surface area contributed by atoms with Crippen molar-refractivity contribution >= 4 is 5.91 Å². The molecule has 0 radical (unpaired) electrons. The molecule has 0 unspecified atom stereocenters. The highest BCUT2D eigenvalue weighted by Crippen LogP contribution is 2.17. The molecule has 1 atom stereocenters. The lowest BCUT2D eigenvalue weighted by Gasteiger charge is -2.25. The minimum Gasteiger partial charge on any atom is -0.337 e. The Morgan fingerprint density at radius 1 is 1.29 bits per heavy atom. The van der Waals surface area contributed by atoms with Crippen LogP contribution in [0.1, 0.15) is 61.1 Å². The third kappa shape index (κ3) is 4.02. The highest BCUT2D eigenvalue weighted by atomic mass is 16.2. The molecule has 0 spiro atoms. The lowest BCUT2D eigenvalue weighted by Crippen LogP contribution is -2.37. The van der Waals surface area contributed by atoms with Crippen molar-refractivity contribution in [3.63, 3.8) is 0 Å². The number of amides is 1. The molecule has 0 fully saturated rings.